The highest BCUT2D eigenvalue weighted by Crippen LogP contribution is 2.13. The third-order valence-corrected chi connectivity index (χ3v) is 6.38. The number of hydrogen-bond acceptors (Lipinski definition) is 2. The molecule has 0 saturated carbocycles. The summed E-state index contributed by atoms with van der Waals surface area (Å²) in [5.74, 6) is 0.0146. The van der Waals surface area contributed by atoms with Crippen LogP contribution >= 0.6 is 0 Å². The van der Waals surface area contributed by atoms with Crippen molar-refractivity contribution < 1.29 is 9.53 Å². The molecule has 2 heteroatoms. The van der Waals surface area contributed by atoms with Gasteiger partial charge in [-0.15, -0.1) is 0 Å². The van der Waals surface area contributed by atoms with Crippen molar-refractivity contribution in [3.8, 4) is 0 Å². The Bertz CT molecular complexity index is 388. The van der Waals surface area contributed by atoms with Gasteiger partial charge in [-0.1, -0.05) is 142 Å². The molecule has 0 aromatic carbocycles. The lowest BCUT2D eigenvalue weighted by atomic mass is 10.0. The summed E-state index contributed by atoms with van der Waals surface area (Å²) < 4.78 is 5.39. The lowest BCUT2D eigenvalue weighted by Gasteiger charge is -2.05. The van der Waals surface area contributed by atoms with Gasteiger partial charge in [-0.25, -0.2) is 0 Å². The average Bonchev–Trinajstić information content (AvgIpc) is 2.80. The Balaban J connectivity index is 3.16. The number of unbranched alkanes of at least 4 members (excludes halogenated alkanes) is 20. The quantitative estimate of drug-likeness (QED) is 0.0744. The highest BCUT2D eigenvalue weighted by Gasteiger charge is 2.02. The van der Waals surface area contributed by atoms with Crippen LogP contribution in [0.3, 0.4) is 0 Å². The Hall–Kier alpha value is -0.790. The minimum absolute atomic E-state index is 0.0146. The molecule has 0 unspecified atom stereocenters. The van der Waals surface area contributed by atoms with Gasteiger partial charge in [0.15, 0.2) is 0 Å². The molecule has 190 valence electrons. The largest absolute Gasteiger partial charge is 0.466 e. The molecule has 0 heterocycles. The van der Waals surface area contributed by atoms with Crippen molar-refractivity contribution in [3.63, 3.8) is 0 Å². The Morgan fingerprint density at radius 1 is 0.500 bits per heavy atom. The van der Waals surface area contributed by atoms with Crippen molar-refractivity contribution in [2.75, 3.05) is 6.61 Å². The van der Waals surface area contributed by atoms with Crippen LogP contribution in [0.4, 0.5) is 0 Å². The zero-order valence-electron chi connectivity index (χ0n) is 22.1. The first-order chi connectivity index (χ1) is 15.8. The Morgan fingerprint density at radius 2 is 0.938 bits per heavy atom. The third kappa shape index (κ3) is 27.2. The fraction of sp³-hybridized carbons (Fsp3) is 0.900. The van der Waals surface area contributed by atoms with Gasteiger partial charge in [-0.2, -0.15) is 0 Å². The maximum atomic E-state index is 11.8. The van der Waals surface area contributed by atoms with Crippen molar-refractivity contribution in [1.82, 2.24) is 0 Å². The maximum absolute atomic E-state index is 11.8. The summed E-state index contributed by atoms with van der Waals surface area (Å²) in [6.07, 6.45) is 35.3. The van der Waals surface area contributed by atoms with Gasteiger partial charge >= 0.3 is 5.97 Å². The summed E-state index contributed by atoms with van der Waals surface area (Å²) in [5, 5.41) is 0. The van der Waals surface area contributed by atoms with Crippen LogP contribution in [0.25, 0.3) is 0 Å². The normalized spacial score (nSPS) is 11.4. The highest BCUT2D eigenvalue weighted by atomic mass is 16.5. The Labute approximate surface area is 202 Å². The van der Waals surface area contributed by atoms with E-state index in [9.17, 15) is 4.79 Å². The molecule has 0 amide bonds. The number of ether oxygens (including phenoxy) is 1. The molecule has 0 aromatic heterocycles. The second kappa shape index (κ2) is 28.2. The smallest absolute Gasteiger partial charge is 0.305 e. The van der Waals surface area contributed by atoms with Crippen molar-refractivity contribution in [3.05, 3.63) is 12.2 Å². The van der Waals surface area contributed by atoms with Crippen molar-refractivity contribution in [2.45, 2.75) is 168 Å². The lowest BCUT2D eigenvalue weighted by molar-refractivity contribution is -0.143. The molecule has 0 radical (unpaired) electrons. The van der Waals surface area contributed by atoms with Crippen LogP contribution in [0.1, 0.15) is 168 Å². The van der Waals surface area contributed by atoms with Gasteiger partial charge in [0.05, 0.1) is 6.61 Å². The number of esters is 1. The third-order valence-electron chi connectivity index (χ3n) is 6.38. The fourth-order valence-electron chi connectivity index (χ4n) is 4.20. The summed E-state index contributed by atoms with van der Waals surface area (Å²) in [5.41, 5.74) is 0. The molecule has 0 aromatic rings. The van der Waals surface area contributed by atoms with E-state index in [4.69, 9.17) is 4.74 Å². The zero-order chi connectivity index (χ0) is 23.4. The standard InChI is InChI=1S/C30H58O2/c1-3-5-7-9-11-13-15-16-17-19-21-23-25-27-29-32-30(31)28-26-24-22-20-18-14-12-10-8-6-4-2/h8,10H,3-7,9,11-29H2,1-2H3. The predicted octanol–water partition coefficient (Wildman–Crippen LogP) is 10.5. The molecule has 0 spiro atoms. The van der Waals surface area contributed by atoms with E-state index in [-0.39, 0.29) is 5.97 Å². The first-order valence-electron chi connectivity index (χ1n) is 14.6. The molecule has 0 bridgehead atoms. The number of carbonyl (C=O) groups is 1. The van der Waals surface area contributed by atoms with Gasteiger partial charge < -0.3 is 4.74 Å². The fourth-order valence-corrected chi connectivity index (χ4v) is 4.20. The minimum Gasteiger partial charge on any atom is -0.466 e. The number of carbonyl (C=O) groups excluding carboxylic acids is 1. The van der Waals surface area contributed by atoms with Gasteiger partial charge in [0.2, 0.25) is 0 Å². The van der Waals surface area contributed by atoms with Crippen molar-refractivity contribution >= 4 is 5.97 Å². The first kappa shape index (κ1) is 31.2. The Morgan fingerprint density at radius 3 is 1.47 bits per heavy atom. The van der Waals surface area contributed by atoms with E-state index in [0.29, 0.717) is 13.0 Å². The summed E-state index contributed by atoms with van der Waals surface area (Å²) in [4.78, 5) is 11.8. The molecule has 0 N–H and O–H groups in total. The molecule has 0 saturated heterocycles. The first-order valence-corrected chi connectivity index (χ1v) is 14.6. The number of rotatable bonds is 26. The predicted molar refractivity (Wildman–Crippen MR) is 142 cm³/mol. The number of hydrogen-bond donors (Lipinski definition) is 0. The SMILES string of the molecule is CCCC=CCCCCCCCCC(=O)OCCCCCCCCCCCCCCCC. The molecule has 0 aliphatic rings. The van der Waals surface area contributed by atoms with Crippen LogP contribution in [-0.4, -0.2) is 12.6 Å². The summed E-state index contributed by atoms with van der Waals surface area (Å²) in [6.45, 7) is 5.13. The summed E-state index contributed by atoms with van der Waals surface area (Å²) >= 11 is 0. The van der Waals surface area contributed by atoms with Crippen molar-refractivity contribution in [2.24, 2.45) is 0 Å². The van der Waals surface area contributed by atoms with E-state index in [1.807, 2.05) is 0 Å². The van der Waals surface area contributed by atoms with Gasteiger partial charge in [0.25, 0.3) is 0 Å². The van der Waals surface area contributed by atoms with Crippen LogP contribution in [0.15, 0.2) is 12.2 Å². The molecule has 2 nitrogen and oxygen atoms in total. The molecular weight excluding hydrogens is 392 g/mol. The summed E-state index contributed by atoms with van der Waals surface area (Å²) in [7, 11) is 0. The van der Waals surface area contributed by atoms with Gasteiger partial charge in [0, 0.05) is 6.42 Å². The van der Waals surface area contributed by atoms with E-state index < -0.39 is 0 Å². The molecule has 0 fully saturated rings. The van der Waals surface area contributed by atoms with E-state index in [1.54, 1.807) is 0 Å². The molecule has 0 aliphatic carbocycles. The Kier molecular flexibility index (Phi) is 27.5. The zero-order valence-corrected chi connectivity index (χ0v) is 22.1. The molecule has 0 rings (SSSR count). The van der Waals surface area contributed by atoms with Crippen LogP contribution in [0.5, 0.6) is 0 Å². The second-order valence-electron chi connectivity index (χ2n) is 9.74. The van der Waals surface area contributed by atoms with Crippen molar-refractivity contribution in [1.29, 1.82) is 0 Å². The molecular formula is C30H58O2. The van der Waals surface area contributed by atoms with Gasteiger partial charge in [-0.05, 0) is 32.1 Å². The van der Waals surface area contributed by atoms with Gasteiger partial charge in [-0.3, -0.25) is 4.79 Å². The van der Waals surface area contributed by atoms with Crippen LogP contribution < -0.4 is 0 Å². The second-order valence-corrected chi connectivity index (χ2v) is 9.74. The van der Waals surface area contributed by atoms with Crippen LogP contribution in [-0.2, 0) is 9.53 Å². The highest BCUT2D eigenvalue weighted by molar-refractivity contribution is 5.69. The topological polar surface area (TPSA) is 26.3 Å². The van der Waals surface area contributed by atoms with E-state index in [1.165, 1.54) is 135 Å². The lowest BCUT2D eigenvalue weighted by Crippen LogP contribution is -2.05. The molecule has 32 heavy (non-hydrogen) atoms. The summed E-state index contributed by atoms with van der Waals surface area (Å²) in [6, 6.07) is 0. The molecule has 0 aliphatic heterocycles. The van der Waals surface area contributed by atoms with E-state index in [2.05, 4.69) is 26.0 Å². The van der Waals surface area contributed by atoms with Gasteiger partial charge in [0.1, 0.15) is 0 Å². The van der Waals surface area contributed by atoms with E-state index >= 15 is 0 Å². The maximum Gasteiger partial charge on any atom is 0.305 e. The van der Waals surface area contributed by atoms with Crippen LogP contribution in [0.2, 0.25) is 0 Å². The minimum atomic E-state index is 0.0146. The van der Waals surface area contributed by atoms with E-state index in [0.717, 1.165) is 12.8 Å². The molecule has 0 atom stereocenters. The average molecular weight is 451 g/mol. The number of allylic oxidation sites excluding steroid dienone is 2. The van der Waals surface area contributed by atoms with Crippen LogP contribution in [0, 0.1) is 0 Å². The monoisotopic (exact) mass is 450 g/mol.